The third kappa shape index (κ3) is 1.93. The molecule has 0 aliphatic heterocycles. The van der Waals surface area contributed by atoms with Gasteiger partial charge in [-0.2, -0.15) is 5.10 Å². The second-order valence-electron chi connectivity index (χ2n) is 2.19. The minimum absolute atomic E-state index is 0.703. The predicted molar refractivity (Wildman–Crippen MR) is 52.3 cm³/mol. The summed E-state index contributed by atoms with van der Waals surface area (Å²) in [5.74, 6) is 0. The Labute approximate surface area is 83.5 Å². The lowest BCUT2D eigenvalue weighted by atomic mass is 10.5. The fourth-order valence-corrected chi connectivity index (χ4v) is 1.73. The van der Waals surface area contributed by atoms with E-state index < -0.39 is 0 Å². The molecule has 4 nitrogen and oxygen atoms in total. The molecule has 2 aromatic heterocycles. The molecule has 0 aliphatic carbocycles. The van der Waals surface area contributed by atoms with E-state index in [4.69, 9.17) is 11.6 Å². The molecule has 13 heavy (non-hydrogen) atoms. The molecule has 0 aliphatic rings. The molecule has 2 rings (SSSR count). The highest BCUT2D eigenvalue weighted by molar-refractivity contribution is 7.12. The van der Waals surface area contributed by atoms with Crippen LogP contribution in [-0.2, 0) is 0 Å². The molecule has 0 spiro atoms. The first-order valence-electron chi connectivity index (χ1n) is 3.48. The fourth-order valence-electron chi connectivity index (χ4n) is 0.771. The third-order valence-corrected chi connectivity index (χ3v) is 2.64. The Bertz CT molecular complexity index is 406. The maximum Gasteiger partial charge on any atom is 0.139 e. The van der Waals surface area contributed by atoms with Gasteiger partial charge in [0.05, 0.1) is 16.1 Å². The molecule has 0 amide bonds. The van der Waals surface area contributed by atoms with Crippen LogP contribution in [0.1, 0.15) is 4.88 Å². The summed E-state index contributed by atoms with van der Waals surface area (Å²) >= 11 is 7.38. The van der Waals surface area contributed by atoms with Crippen molar-refractivity contribution < 1.29 is 0 Å². The SMILES string of the molecule is Clc1ccsc1/C=N/n1cncn1. The van der Waals surface area contributed by atoms with Crippen LogP contribution < -0.4 is 0 Å². The number of hydrogen-bond donors (Lipinski definition) is 0. The van der Waals surface area contributed by atoms with Crippen molar-refractivity contribution in [1.29, 1.82) is 0 Å². The van der Waals surface area contributed by atoms with Gasteiger partial charge in [-0.1, -0.05) is 11.6 Å². The van der Waals surface area contributed by atoms with Gasteiger partial charge in [0, 0.05) is 0 Å². The lowest BCUT2D eigenvalue weighted by Gasteiger charge is -1.87. The highest BCUT2D eigenvalue weighted by Crippen LogP contribution is 2.19. The van der Waals surface area contributed by atoms with Crippen LogP contribution in [0.15, 0.2) is 29.2 Å². The van der Waals surface area contributed by atoms with Crippen LogP contribution in [0, 0.1) is 0 Å². The van der Waals surface area contributed by atoms with Gasteiger partial charge in [-0.25, -0.2) is 4.98 Å². The van der Waals surface area contributed by atoms with Crippen LogP contribution >= 0.6 is 22.9 Å². The molecule has 0 fully saturated rings. The Morgan fingerprint density at radius 3 is 3.15 bits per heavy atom. The minimum Gasteiger partial charge on any atom is -0.221 e. The van der Waals surface area contributed by atoms with Gasteiger partial charge in [0.2, 0.25) is 0 Å². The van der Waals surface area contributed by atoms with Gasteiger partial charge >= 0.3 is 0 Å². The summed E-state index contributed by atoms with van der Waals surface area (Å²) in [5, 5.41) is 10.4. The quantitative estimate of drug-likeness (QED) is 0.714. The van der Waals surface area contributed by atoms with Crippen LogP contribution in [0.25, 0.3) is 0 Å². The normalized spacial score (nSPS) is 11.2. The van der Waals surface area contributed by atoms with E-state index in [2.05, 4.69) is 15.2 Å². The monoisotopic (exact) mass is 212 g/mol. The fraction of sp³-hybridized carbons (Fsp3) is 0. The average molecular weight is 213 g/mol. The molecule has 0 bridgehead atoms. The summed E-state index contributed by atoms with van der Waals surface area (Å²) in [6, 6.07) is 1.83. The number of nitrogens with zero attached hydrogens (tertiary/aromatic N) is 4. The summed E-state index contributed by atoms with van der Waals surface area (Å²) in [6.07, 6.45) is 4.59. The van der Waals surface area contributed by atoms with Crippen molar-refractivity contribution in [3.8, 4) is 0 Å². The molecule has 0 unspecified atom stereocenters. The zero-order valence-electron chi connectivity index (χ0n) is 6.46. The van der Waals surface area contributed by atoms with Gasteiger partial charge in [0.1, 0.15) is 12.7 Å². The Hall–Kier alpha value is -1.20. The molecule has 6 heteroatoms. The molecule has 0 radical (unpaired) electrons. The van der Waals surface area contributed by atoms with Gasteiger partial charge in [-0.15, -0.1) is 21.2 Å². The van der Waals surface area contributed by atoms with E-state index in [1.54, 1.807) is 6.21 Å². The Balaban J connectivity index is 2.19. The first kappa shape index (κ1) is 8.40. The first-order valence-corrected chi connectivity index (χ1v) is 4.74. The van der Waals surface area contributed by atoms with Crippen molar-refractivity contribution in [1.82, 2.24) is 14.9 Å². The maximum absolute atomic E-state index is 5.85. The number of aromatic nitrogens is 3. The topological polar surface area (TPSA) is 43.1 Å². The molecule has 2 aromatic rings. The molecule has 0 saturated carbocycles. The Kier molecular flexibility index (Phi) is 2.37. The lowest BCUT2D eigenvalue weighted by molar-refractivity contribution is 0.743. The second-order valence-corrected chi connectivity index (χ2v) is 3.55. The number of hydrogen-bond acceptors (Lipinski definition) is 4. The van der Waals surface area contributed by atoms with Crippen molar-refractivity contribution in [2.24, 2.45) is 5.10 Å². The van der Waals surface area contributed by atoms with Gasteiger partial charge in [0.25, 0.3) is 0 Å². The highest BCUT2D eigenvalue weighted by Gasteiger charge is 1.96. The molecular weight excluding hydrogens is 208 g/mol. The van der Waals surface area contributed by atoms with E-state index in [-0.39, 0.29) is 0 Å². The standard InChI is InChI=1S/C7H5ClN4S/c8-6-1-2-13-7(6)3-10-12-5-9-4-11-12/h1-5H/b10-3+. The minimum atomic E-state index is 0.703. The van der Waals surface area contributed by atoms with Crippen molar-refractivity contribution in [2.75, 3.05) is 0 Å². The van der Waals surface area contributed by atoms with E-state index in [0.717, 1.165) is 4.88 Å². The van der Waals surface area contributed by atoms with Crippen LogP contribution in [-0.4, -0.2) is 21.1 Å². The van der Waals surface area contributed by atoms with Gasteiger partial charge in [-0.05, 0) is 11.4 Å². The van der Waals surface area contributed by atoms with E-state index in [9.17, 15) is 0 Å². The summed E-state index contributed by atoms with van der Waals surface area (Å²) in [7, 11) is 0. The molecule has 66 valence electrons. The Morgan fingerprint density at radius 2 is 2.54 bits per heavy atom. The molecule has 0 N–H and O–H groups in total. The summed E-state index contributed by atoms with van der Waals surface area (Å²) in [6.45, 7) is 0. The summed E-state index contributed by atoms with van der Waals surface area (Å²) < 4.78 is 0. The van der Waals surface area contributed by atoms with Crippen molar-refractivity contribution in [3.05, 3.63) is 34.0 Å². The molecule has 0 saturated heterocycles. The van der Waals surface area contributed by atoms with Crippen molar-refractivity contribution in [2.45, 2.75) is 0 Å². The molecule has 0 aromatic carbocycles. The molecular formula is C7H5ClN4S. The van der Waals surface area contributed by atoms with Crippen LogP contribution in [0.2, 0.25) is 5.02 Å². The second kappa shape index (κ2) is 3.68. The first-order chi connectivity index (χ1) is 6.36. The number of thiophene rings is 1. The lowest BCUT2D eigenvalue weighted by Crippen LogP contribution is -1.89. The predicted octanol–water partition coefficient (Wildman–Crippen LogP) is 1.88. The van der Waals surface area contributed by atoms with Gasteiger partial charge < -0.3 is 0 Å². The summed E-state index contributed by atoms with van der Waals surface area (Å²) in [4.78, 5) is 6.04. The van der Waals surface area contributed by atoms with E-state index in [0.29, 0.717) is 5.02 Å². The van der Waals surface area contributed by atoms with Crippen molar-refractivity contribution in [3.63, 3.8) is 0 Å². The number of rotatable bonds is 2. The average Bonchev–Trinajstić information content (AvgIpc) is 2.72. The van der Waals surface area contributed by atoms with Crippen LogP contribution in [0.5, 0.6) is 0 Å². The van der Waals surface area contributed by atoms with Crippen LogP contribution in [0.3, 0.4) is 0 Å². The zero-order chi connectivity index (χ0) is 9.10. The van der Waals surface area contributed by atoms with E-state index in [1.807, 2.05) is 11.4 Å². The van der Waals surface area contributed by atoms with E-state index >= 15 is 0 Å². The smallest absolute Gasteiger partial charge is 0.139 e. The van der Waals surface area contributed by atoms with Crippen LogP contribution in [0.4, 0.5) is 0 Å². The largest absolute Gasteiger partial charge is 0.221 e. The van der Waals surface area contributed by atoms with E-state index in [1.165, 1.54) is 28.8 Å². The third-order valence-electron chi connectivity index (χ3n) is 1.34. The zero-order valence-corrected chi connectivity index (χ0v) is 8.03. The maximum atomic E-state index is 5.85. The summed E-state index contributed by atoms with van der Waals surface area (Å²) in [5.41, 5.74) is 0. The molecule has 0 atom stereocenters. The highest BCUT2D eigenvalue weighted by atomic mass is 35.5. The van der Waals surface area contributed by atoms with Gasteiger partial charge in [0.15, 0.2) is 0 Å². The Morgan fingerprint density at radius 1 is 1.62 bits per heavy atom. The van der Waals surface area contributed by atoms with Gasteiger partial charge in [-0.3, -0.25) is 0 Å². The van der Waals surface area contributed by atoms with Crippen molar-refractivity contribution >= 4 is 29.2 Å². The molecule has 2 heterocycles. The number of halogens is 1.